The van der Waals surface area contributed by atoms with Crippen molar-refractivity contribution >= 4 is 11.7 Å². The Hall–Kier alpha value is -2.56. The standard InChI is InChI=1S/C17H17N3O2/c18-16-15-12(10-4-3-7-20(9-10)17(15)22)8-13(19-16)11-5-1-2-6-14(11)21/h1-2,5-6,8,10,21H,3-4,7,9H2,(H2,18,19). The molecule has 1 aromatic carbocycles. The monoisotopic (exact) mass is 295 g/mol. The second kappa shape index (κ2) is 4.73. The van der Waals surface area contributed by atoms with E-state index in [0.29, 0.717) is 22.7 Å². The first-order valence-corrected chi connectivity index (χ1v) is 7.53. The van der Waals surface area contributed by atoms with Gasteiger partial charge in [-0.15, -0.1) is 0 Å². The number of benzene rings is 1. The number of hydrogen-bond donors (Lipinski definition) is 2. The van der Waals surface area contributed by atoms with Gasteiger partial charge < -0.3 is 15.7 Å². The quantitative estimate of drug-likeness (QED) is 0.846. The number of rotatable bonds is 1. The summed E-state index contributed by atoms with van der Waals surface area (Å²) in [5.41, 5.74) is 8.88. The summed E-state index contributed by atoms with van der Waals surface area (Å²) in [6.45, 7) is 1.56. The number of amides is 1. The topological polar surface area (TPSA) is 79.5 Å². The minimum atomic E-state index is -0.0141. The SMILES string of the molecule is Nc1nc(-c2ccccc2O)cc2c1C(=O)N1CCCC2C1. The molecule has 1 amide bonds. The van der Waals surface area contributed by atoms with E-state index in [1.54, 1.807) is 18.2 Å². The molecule has 2 bridgehead atoms. The van der Waals surface area contributed by atoms with Crippen LogP contribution in [0.3, 0.4) is 0 Å². The number of nitrogens with zero attached hydrogens (tertiary/aromatic N) is 2. The Morgan fingerprint density at radius 1 is 1.32 bits per heavy atom. The molecule has 2 aromatic rings. The Kier molecular flexibility index (Phi) is 2.82. The van der Waals surface area contributed by atoms with Crippen molar-refractivity contribution in [3.8, 4) is 17.0 Å². The van der Waals surface area contributed by atoms with Gasteiger partial charge in [-0.05, 0) is 36.6 Å². The number of aromatic nitrogens is 1. The molecule has 1 fully saturated rings. The number of phenolic OH excluding ortho intramolecular Hbond substituents is 1. The number of fused-ring (bicyclic) bond motifs is 4. The number of anilines is 1. The van der Waals surface area contributed by atoms with Crippen LogP contribution in [0.2, 0.25) is 0 Å². The molecule has 112 valence electrons. The van der Waals surface area contributed by atoms with E-state index < -0.39 is 0 Å². The van der Waals surface area contributed by atoms with E-state index in [2.05, 4.69) is 4.98 Å². The van der Waals surface area contributed by atoms with Crippen LogP contribution in [0, 0.1) is 0 Å². The van der Waals surface area contributed by atoms with Crippen molar-refractivity contribution in [2.24, 2.45) is 0 Å². The summed E-state index contributed by atoms with van der Waals surface area (Å²) in [6, 6.07) is 8.97. The highest BCUT2D eigenvalue weighted by Crippen LogP contribution is 2.39. The molecule has 1 aromatic heterocycles. The fourth-order valence-electron chi connectivity index (χ4n) is 3.54. The highest BCUT2D eigenvalue weighted by molar-refractivity contribution is 6.02. The zero-order valence-electron chi connectivity index (χ0n) is 12.1. The molecule has 2 aliphatic heterocycles. The van der Waals surface area contributed by atoms with Crippen molar-refractivity contribution in [2.45, 2.75) is 18.8 Å². The smallest absolute Gasteiger partial charge is 0.257 e. The minimum absolute atomic E-state index is 0.0141. The van der Waals surface area contributed by atoms with Gasteiger partial charge in [-0.25, -0.2) is 4.98 Å². The number of piperidine rings is 1. The maximum Gasteiger partial charge on any atom is 0.257 e. The van der Waals surface area contributed by atoms with Crippen LogP contribution in [-0.4, -0.2) is 34.0 Å². The van der Waals surface area contributed by atoms with E-state index in [-0.39, 0.29) is 17.5 Å². The lowest BCUT2D eigenvalue weighted by Crippen LogP contribution is -2.44. The molecule has 4 rings (SSSR count). The fourth-order valence-corrected chi connectivity index (χ4v) is 3.54. The molecule has 2 aliphatic rings. The van der Waals surface area contributed by atoms with Gasteiger partial charge in [-0.3, -0.25) is 4.79 Å². The Morgan fingerprint density at radius 2 is 2.14 bits per heavy atom. The first-order valence-electron chi connectivity index (χ1n) is 7.53. The number of aromatic hydroxyl groups is 1. The predicted molar refractivity (Wildman–Crippen MR) is 83.6 cm³/mol. The molecule has 0 aliphatic carbocycles. The zero-order chi connectivity index (χ0) is 15.3. The number of nitrogens with two attached hydrogens (primary N) is 1. The third kappa shape index (κ3) is 1.85. The molecule has 1 saturated heterocycles. The molecular weight excluding hydrogens is 278 g/mol. The average Bonchev–Trinajstić information content (AvgIpc) is 2.53. The molecule has 5 heteroatoms. The summed E-state index contributed by atoms with van der Waals surface area (Å²) in [5, 5.41) is 10.0. The fraction of sp³-hybridized carbons (Fsp3) is 0.294. The van der Waals surface area contributed by atoms with E-state index in [4.69, 9.17) is 5.73 Å². The highest BCUT2D eigenvalue weighted by atomic mass is 16.3. The van der Waals surface area contributed by atoms with E-state index in [0.717, 1.165) is 31.5 Å². The molecule has 1 atom stereocenters. The summed E-state index contributed by atoms with van der Waals surface area (Å²) >= 11 is 0. The molecule has 0 spiro atoms. The van der Waals surface area contributed by atoms with Crippen molar-refractivity contribution in [1.82, 2.24) is 9.88 Å². The lowest BCUT2D eigenvalue weighted by molar-refractivity contribution is 0.0676. The number of nitrogen functional groups attached to an aromatic ring is 1. The summed E-state index contributed by atoms with van der Waals surface area (Å²) in [7, 11) is 0. The first kappa shape index (κ1) is 13.1. The largest absolute Gasteiger partial charge is 0.507 e. The van der Waals surface area contributed by atoms with Crippen LogP contribution < -0.4 is 5.73 Å². The molecule has 1 unspecified atom stereocenters. The number of carbonyl (C=O) groups is 1. The van der Waals surface area contributed by atoms with Gasteiger partial charge in [0.25, 0.3) is 5.91 Å². The molecular formula is C17H17N3O2. The van der Waals surface area contributed by atoms with Gasteiger partial charge >= 0.3 is 0 Å². The number of phenols is 1. The number of carbonyl (C=O) groups excluding carboxylic acids is 1. The Labute approximate surface area is 128 Å². The normalized spacial score (nSPS) is 19.9. The van der Waals surface area contributed by atoms with Gasteiger partial charge in [0.2, 0.25) is 0 Å². The lowest BCUT2D eigenvalue weighted by atomic mass is 9.83. The van der Waals surface area contributed by atoms with Crippen molar-refractivity contribution in [1.29, 1.82) is 0 Å². The summed E-state index contributed by atoms with van der Waals surface area (Å²) < 4.78 is 0. The third-order valence-electron chi connectivity index (χ3n) is 4.62. The summed E-state index contributed by atoms with van der Waals surface area (Å²) in [6.07, 6.45) is 2.07. The Balaban J connectivity index is 1.91. The minimum Gasteiger partial charge on any atom is -0.507 e. The molecule has 3 N–H and O–H groups in total. The molecule has 0 saturated carbocycles. The van der Waals surface area contributed by atoms with Crippen molar-refractivity contribution in [3.63, 3.8) is 0 Å². The molecule has 5 nitrogen and oxygen atoms in total. The van der Waals surface area contributed by atoms with E-state index in [1.807, 2.05) is 17.0 Å². The van der Waals surface area contributed by atoms with Crippen LogP contribution in [0.15, 0.2) is 30.3 Å². The summed E-state index contributed by atoms with van der Waals surface area (Å²) in [4.78, 5) is 18.8. The Bertz CT molecular complexity index is 772. The van der Waals surface area contributed by atoms with Crippen molar-refractivity contribution < 1.29 is 9.90 Å². The van der Waals surface area contributed by atoms with Crippen LogP contribution in [0.25, 0.3) is 11.3 Å². The number of hydrogen-bond acceptors (Lipinski definition) is 4. The zero-order valence-corrected chi connectivity index (χ0v) is 12.1. The van der Waals surface area contributed by atoms with Crippen LogP contribution in [0.1, 0.15) is 34.7 Å². The van der Waals surface area contributed by atoms with Crippen molar-refractivity contribution in [2.75, 3.05) is 18.8 Å². The van der Waals surface area contributed by atoms with Gasteiger partial charge in [-0.2, -0.15) is 0 Å². The molecule has 22 heavy (non-hydrogen) atoms. The number of pyridine rings is 1. The van der Waals surface area contributed by atoms with E-state index in [1.165, 1.54) is 0 Å². The predicted octanol–water partition coefficient (Wildman–Crippen LogP) is 2.37. The van der Waals surface area contributed by atoms with Crippen molar-refractivity contribution in [3.05, 3.63) is 41.5 Å². The van der Waals surface area contributed by atoms with Crippen LogP contribution >= 0.6 is 0 Å². The Morgan fingerprint density at radius 3 is 2.95 bits per heavy atom. The number of para-hydroxylation sites is 1. The van der Waals surface area contributed by atoms with Crippen LogP contribution in [0.5, 0.6) is 5.75 Å². The van der Waals surface area contributed by atoms with E-state index >= 15 is 0 Å². The molecule has 3 heterocycles. The van der Waals surface area contributed by atoms with Gasteiger partial charge in [0.1, 0.15) is 11.6 Å². The second-order valence-electron chi connectivity index (χ2n) is 5.96. The van der Waals surface area contributed by atoms with E-state index in [9.17, 15) is 9.90 Å². The average molecular weight is 295 g/mol. The van der Waals surface area contributed by atoms with Crippen LogP contribution in [0.4, 0.5) is 5.82 Å². The highest BCUT2D eigenvalue weighted by Gasteiger charge is 2.36. The molecule has 0 radical (unpaired) electrons. The maximum absolute atomic E-state index is 12.5. The maximum atomic E-state index is 12.5. The van der Waals surface area contributed by atoms with Gasteiger partial charge in [0, 0.05) is 24.6 Å². The lowest BCUT2D eigenvalue weighted by Gasteiger charge is -2.39. The van der Waals surface area contributed by atoms with Crippen LogP contribution in [-0.2, 0) is 0 Å². The van der Waals surface area contributed by atoms with Gasteiger partial charge in [-0.1, -0.05) is 12.1 Å². The summed E-state index contributed by atoms with van der Waals surface area (Å²) in [5.74, 6) is 0.732. The first-order chi connectivity index (χ1) is 10.6. The third-order valence-corrected chi connectivity index (χ3v) is 4.62. The van der Waals surface area contributed by atoms with Gasteiger partial charge in [0.15, 0.2) is 0 Å². The van der Waals surface area contributed by atoms with Gasteiger partial charge in [0.05, 0.1) is 11.3 Å². The second-order valence-corrected chi connectivity index (χ2v) is 5.96.